The number of ether oxygens (including phenoxy) is 1. The van der Waals surface area contributed by atoms with Crippen molar-refractivity contribution in [2.45, 2.75) is 25.4 Å². The molecule has 0 atom stereocenters. The number of pyridine rings is 1. The highest BCUT2D eigenvalue weighted by Crippen LogP contribution is 2.31. The predicted molar refractivity (Wildman–Crippen MR) is 83.8 cm³/mol. The molecule has 3 rings (SSSR count). The lowest BCUT2D eigenvalue weighted by Gasteiger charge is -2.38. The van der Waals surface area contributed by atoms with E-state index in [2.05, 4.69) is 4.98 Å². The van der Waals surface area contributed by atoms with Crippen LogP contribution in [0.2, 0.25) is 0 Å². The Hall–Kier alpha value is -2.83. The topological polar surface area (TPSA) is 92.9 Å². The third-order valence-electron chi connectivity index (χ3n) is 4.24. The van der Waals surface area contributed by atoms with Crippen LogP contribution in [-0.4, -0.2) is 45.6 Å². The van der Waals surface area contributed by atoms with E-state index in [9.17, 15) is 14.7 Å². The molecule has 1 aliphatic heterocycles. The molecule has 1 saturated heterocycles. The summed E-state index contributed by atoms with van der Waals surface area (Å²) in [6, 6.07) is 6.64. The molecule has 3 heterocycles. The van der Waals surface area contributed by atoms with Gasteiger partial charge in [0.05, 0.1) is 12.0 Å². The third-order valence-corrected chi connectivity index (χ3v) is 4.24. The molecule has 24 heavy (non-hydrogen) atoms. The first kappa shape index (κ1) is 16.0. The van der Waals surface area contributed by atoms with Gasteiger partial charge in [0, 0.05) is 32.1 Å². The summed E-state index contributed by atoms with van der Waals surface area (Å²) in [5.41, 5.74) is -0.722. The van der Waals surface area contributed by atoms with E-state index < -0.39 is 11.6 Å². The van der Waals surface area contributed by atoms with Crippen LogP contribution in [0.15, 0.2) is 41.1 Å². The standard InChI is InChI=1S/C17H18N2O5/c1-12-13(4-2-8-18-12)24-17(16(21)22)6-9-19(10-7-17)15(20)14-5-3-11-23-14/h2-5,8,11H,6-7,9-10H2,1H3,(H,21,22). The second kappa shape index (κ2) is 6.35. The van der Waals surface area contributed by atoms with Gasteiger partial charge in [0.2, 0.25) is 5.60 Å². The van der Waals surface area contributed by atoms with Crippen LogP contribution in [0, 0.1) is 6.92 Å². The number of aryl methyl sites for hydroxylation is 1. The molecule has 1 aliphatic rings. The van der Waals surface area contributed by atoms with Crippen molar-refractivity contribution in [3.05, 3.63) is 48.2 Å². The van der Waals surface area contributed by atoms with Gasteiger partial charge in [-0.05, 0) is 31.2 Å². The monoisotopic (exact) mass is 330 g/mol. The van der Waals surface area contributed by atoms with Crippen LogP contribution in [0.3, 0.4) is 0 Å². The molecule has 2 aromatic rings. The van der Waals surface area contributed by atoms with Gasteiger partial charge in [-0.1, -0.05) is 0 Å². The summed E-state index contributed by atoms with van der Waals surface area (Å²) in [5.74, 6) is -0.569. The van der Waals surface area contributed by atoms with Crippen molar-refractivity contribution >= 4 is 11.9 Å². The highest BCUT2D eigenvalue weighted by atomic mass is 16.5. The van der Waals surface area contributed by atoms with Crippen LogP contribution in [0.25, 0.3) is 0 Å². The first-order valence-electron chi connectivity index (χ1n) is 7.69. The molecule has 2 aromatic heterocycles. The Morgan fingerprint density at radius 1 is 1.29 bits per heavy atom. The molecule has 7 heteroatoms. The summed E-state index contributed by atoms with van der Waals surface area (Å²) in [6.07, 6.45) is 3.46. The lowest BCUT2D eigenvalue weighted by molar-refractivity contribution is -0.159. The Kier molecular flexibility index (Phi) is 4.24. The minimum absolute atomic E-state index is 0.198. The Bertz CT molecular complexity index is 733. The molecule has 0 spiro atoms. The van der Waals surface area contributed by atoms with Crippen LogP contribution in [-0.2, 0) is 4.79 Å². The molecule has 0 aromatic carbocycles. The smallest absolute Gasteiger partial charge is 0.348 e. The third kappa shape index (κ3) is 2.97. The number of likely N-dealkylation sites (tertiary alicyclic amines) is 1. The summed E-state index contributed by atoms with van der Waals surface area (Å²) in [4.78, 5) is 29.8. The number of piperidine rings is 1. The van der Waals surface area contributed by atoms with Gasteiger partial charge in [0.25, 0.3) is 5.91 Å². The van der Waals surface area contributed by atoms with Gasteiger partial charge < -0.3 is 19.2 Å². The molecule has 7 nitrogen and oxygen atoms in total. The SMILES string of the molecule is Cc1ncccc1OC1(C(=O)O)CCN(C(=O)c2ccco2)CC1. The van der Waals surface area contributed by atoms with Crippen molar-refractivity contribution in [1.82, 2.24) is 9.88 Å². The number of carbonyl (C=O) groups is 2. The first-order valence-corrected chi connectivity index (χ1v) is 7.69. The number of rotatable bonds is 4. The van der Waals surface area contributed by atoms with Crippen LogP contribution in [0.4, 0.5) is 0 Å². The number of carbonyl (C=O) groups excluding carboxylic acids is 1. The van der Waals surface area contributed by atoms with Crippen molar-refractivity contribution in [2.75, 3.05) is 13.1 Å². The maximum Gasteiger partial charge on any atom is 0.348 e. The van der Waals surface area contributed by atoms with Gasteiger partial charge in [0.1, 0.15) is 5.75 Å². The summed E-state index contributed by atoms with van der Waals surface area (Å²) in [5, 5.41) is 9.68. The van der Waals surface area contributed by atoms with E-state index in [1.165, 1.54) is 6.26 Å². The van der Waals surface area contributed by atoms with Crippen molar-refractivity contribution in [3.8, 4) is 5.75 Å². The molecular formula is C17H18N2O5. The number of amides is 1. The fraction of sp³-hybridized carbons (Fsp3) is 0.353. The Balaban J connectivity index is 1.74. The Morgan fingerprint density at radius 3 is 2.62 bits per heavy atom. The average Bonchev–Trinajstić information content (AvgIpc) is 3.11. The van der Waals surface area contributed by atoms with Crippen molar-refractivity contribution < 1.29 is 23.8 Å². The van der Waals surface area contributed by atoms with E-state index in [4.69, 9.17) is 9.15 Å². The maximum absolute atomic E-state index is 12.3. The number of aromatic nitrogens is 1. The van der Waals surface area contributed by atoms with Gasteiger partial charge in [-0.2, -0.15) is 0 Å². The molecule has 0 aliphatic carbocycles. The van der Waals surface area contributed by atoms with Crippen LogP contribution in [0.5, 0.6) is 5.75 Å². The zero-order valence-electron chi connectivity index (χ0n) is 13.3. The number of nitrogens with zero attached hydrogens (tertiary/aromatic N) is 2. The van der Waals surface area contributed by atoms with Gasteiger partial charge in [0.15, 0.2) is 5.76 Å². The summed E-state index contributed by atoms with van der Waals surface area (Å²) in [7, 11) is 0. The number of furan rings is 1. The maximum atomic E-state index is 12.3. The minimum Gasteiger partial charge on any atom is -0.478 e. The molecule has 0 unspecified atom stereocenters. The summed E-state index contributed by atoms with van der Waals surface area (Å²) in [6.45, 7) is 2.33. The second-order valence-electron chi connectivity index (χ2n) is 5.76. The minimum atomic E-state index is -1.35. The molecular weight excluding hydrogens is 312 g/mol. The van der Waals surface area contributed by atoms with Crippen LogP contribution < -0.4 is 4.74 Å². The molecule has 1 fully saturated rings. The number of hydrogen-bond donors (Lipinski definition) is 1. The Morgan fingerprint density at radius 2 is 2.04 bits per heavy atom. The zero-order valence-corrected chi connectivity index (χ0v) is 13.3. The highest BCUT2D eigenvalue weighted by molar-refractivity contribution is 5.91. The quantitative estimate of drug-likeness (QED) is 0.923. The largest absolute Gasteiger partial charge is 0.478 e. The second-order valence-corrected chi connectivity index (χ2v) is 5.76. The van der Waals surface area contributed by atoms with Gasteiger partial charge in [-0.25, -0.2) is 4.79 Å². The molecule has 1 N–H and O–H groups in total. The molecule has 0 radical (unpaired) electrons. The molecule has 126 valence electrons. The van der Waals surface area contributed by atoms with E-state index in [0.29, 0.717) is 11.4 Å². The summed E-state index contributed by atoms with van der Waals surface area (Å²) >= 11 is 0. The lowest BCUT2D eigenvalue weighted by atomic mass is 9.91. The van der Waals surface area contributed by atoms with Crippen molar-refractivity contribution in [1.29, 1.82) is 0 Å². The molecule has 1 amide bonds. The zero-order chi connectivity index (χ0) is 17.2. The van der Waals surface area contributed by atoms with Crippen molar-refractivity contribution in [3.63, 3.8) is 0 Å². The fourth-order valence-electron chi connectivity index (χ4n) is 2.77. The highest BCUT2D eigenvalue weighted by Gasteiger charge is 2.45. The van der Waals surface area contributed by atoms with Crippen LogP contribution in [0.1, 0.15) is 29.1 Å². The van der Waals surface area contributed by atoms with Gasteiger partial charge >= 0.3 is 5.97 Å². The average molecular weight is 330 g/mol. The van der Waals surface area contributed by atoms with Crippen LogP contribution >= 0.6 is 0 Å². The number of aliphatic carboxylic acids is 1. The van der Waals surface area contributed by atoms with Gasteiger partial charge in [-0.3, -0.25) is 9.78 Å². The van der Waals surface area contributed by atoms with E-state index in [1.807, 2.05) is 0 Å². The Labute approximate surface area is 138 Å². The van der Waals surface area contributed by atoms with E-state index in [1.54, 1.807) is 42.3 Å². The lowest BCUT2D eigenvalue weighted by Crippen LogP contribution is -2.54. The van der Waals surface area contributed by atoms with E-state index in [0.717, 1.165) is 0 Å². The van der Waals surface area contributed by atoms with E-state index in [-0.39, 0.29) is 37.6 Å². The fourth-order valence-corrected chi connectivity index (χ4v) is 2.77. The van der Waals surface area contributed by atoms with Gasteiger partial charge in [-0.15, -0.1) is 0 Å². The molecule has 0 bridgehead atoms. The van der Waals surface area contributed by atoms with Crippen molar-refractivity contribution in [2.24, 2.45) is 0 Å². The number of hydrogen-bond acceptors (Lipinski definition) is 5. The predicted octanol–water partition coefficient (Wildman–Crippen LogP) is 2.12. The first-order chi connectivity index (χ1) is 11.5. The molecule has 0 saturated carbocycles. The number of carboxylic acid groups (broad SMARTS) is 1. The summed E-state index contributed by atoms with van der Waals surface area (Å²) < 4.78 is 10.9. The number of carboxylic acids is 1. The van der Waals surface area contributed by atoms with E-state index >= 15 is 0 Å². The normalized spacial score (nSPS) is 16.6.